The molecule has 0 bridgehead atoms. The predicted molar refractivity (Wildman–Crippen MR) is 87.8 cm³/mol. The van der Waals surface area contributed by atoms with Crippen LogP contribution in [0, 0.1) is 0 Å². The van der Waals surface area contributed by atoms with Crippen LogP contribution in [0.25, 0.3) is 11.0 Å². The van der Waals surface area contributed by atoms with Crippen LogP contribution in [0.1, 0.15) is 0 Å². The van der Waals surface area contributed by atoms with Gasteiger partial charge >= 0.3 is 0 Å². The zero-order chi connectivity index (χ0) is 16.4. The summed E-state index contributed by atoms with van der Waals surface area (Å²) in [7, 11) is 1.53. The lowest BCUT2D eigenvalue weighted by atomic mass is 10.4. The Hall–Kier alpha value is -2.58. The van der Waals surface area contributed by atoms with E-state index < -0.39 is 9.05 Å². The average molecular weight is 350 g/mol. The minimum atomic E-state index is -3.64. The summed E-state index contributed by atoms with van der Waals surface area (Å²) in [5.74, 6) is 0. The van der Waals surface area contributed by atoms with Crippen molar-refractivity contribution in [3.63, 3.8) is 0 Å². The van der Waals surface area contributed by atoms with Crippen LogP contribution in [-0.4, -0.2) is 27.6 Å². The molecule has 4 heterocycles. The number of halogens is 1. The highest BCUT2D eigenvalue weighted by molar-refractivity contribution is 8.13. The Morgan fingerprint density at radius 2 is 1.48 bits per heavy atom. The third kappa shape index (κ3) is 3.43. The Balaban J connectivity index is 0.000000140. The van der Waals surface area contributed by atoms with Gasteiger partial charge in [0.25, 0.3) is 9.05 Å². The van der Waals surface area contributed by atoms with Gasteiger partial charge in [-0.25, -0.2) is 17.4 Å². The molecule has 23 heavy (non-hydrogen) atoms. The van der Waals surface area contributed by atoms with Gasteiger partial charge in [-0.2, -0.15) is 10.2 Å². The molecule has 0 aliphatic rings. The maximum absolute atomic E-state index is 10.9. The fourth-order valence-electron chi connectivity index (χ4n) is 1.99. The van der Waals surface area contributed by atoms with Gasteiger partial charge in [0.05, 0.1) is 15.9 Å². The van der Waals surface area contributed by atoms with Crippen LogP contribution in [-0.2, 0) is 9.05 Å². The summed E-state index contributed by atoms with van der Waals surface area (Å²) in [6, 6.07) is 10.2. The van der Waals surface area contributed by atoms with Gasteiger partial charge in [0, 0.05) is 41.2 Å². The first-order chi connectivity index (χ1) is 10.9. The zero-order valence-electron chi connectivity index (χ0n) is 11.7. The molecule has 0 aromatic carbocycles. The predicted octanol–water partition coefficient (Wildman–Crippen LogP) is 2.18. The van der Waals surface area contributed by atoms with Crippen molar-refractivity contribution in [2.45, 2.75) is 4.90 Å². The molecule has 4 aromatic rings. The van der Waals surface area contributed by atoms with E-state index in [2.05, 4.69) is 10.2 Å². The molecule has 4 rings (SSSR count). The van der Waals surface area contributed by atoms with Crippen molar-refractivity contribution < 1.29 is 8.42 Å². The summed E-state index contributed by atoms with van der Waals surface area (Å²) in [5, 5.41) is 7.94. The molecular formula is C14H12ClN5O2S. The molecule has 7 nitrogen and oxygen atoms in total. The summed E-state index contributed by atoms with van der Waals surface area (Å²) in [4.78, 5) is 0.0853. The van der Waals surface area contributed by atoms with E-state index >= 15 is 0 Å². The van der Waals surface area contributed by atoms with Crippen LogP contribution in [0.15, 0.2) is 66.1 Å². The molecular weight excluding hydrogens is 338 g/mol. The van der Waals surface area contributed by atoms with Crippen LogP contribution in [0.3, 0.4) is 0 Å². The minimum absolute atomic E-state index is 0.0853. The number of aromatic nitrogens is 4. The van der Waals surface area contributed by atoms with E-state index in [9.17, 15) is 8.42 Å². The van der Waals surface area contributed by atoms with Gasteiger partial charge in [-0.05, 0) is 36.4 Å². The van der Waals surface area contributed by atoms with E-state index in [0.717, 1.165) is 11.2 Å². The minimum Gasteiger partial charge on any atom is -0.399 e. The van der Waals surface area contributed by atoms with Gasteiger partial charge in [-0.15, -0.1) is 0 Å². The second-order valence-electron chi connectivity index (χ2n) is 4.66. The highest BCUT2D eigenvalue weighted by atomic mass is 35.7. The van der Waals surface area contributed by atoms with Crippen LogP contribution in [0.4, 0.5) is 5.69 Å². The Labute approximate surface area is 136 Å². The molecule has 0 aliphatic carbocycles. The van der Waals surface area contributed by atoms with Crippen LogP contribution in [0.2, 0.25) is 0 Å². The largest absolute Gasteiger partial charge is 0.399 e. The molecule has 2 N–H and O–H groups in total. The number of rotatable bonds is 1. The maximum atomic E-state index is 10.9. The second kappa shape index (κ2) is 5.90. The first-order valence-corrected chi connectivity index (χ1v) is 8.81. The highest BCUT2D eigenvalue weighted by Crippen LogP contribution is 2.16. The SMILES string of the molecule is Nc1ccn2nccc2c1.O=S(=O)(Cl)c1ccn2nccc2c1. The smallest absolute Gasteiger partial charge is 0.261 e. The molecule has 9 heteroatoms. The normalized spacial score (nSPS) is 11.3. The van der Waals surface area contributed by atoms with Crippen molar-refractivity contribution in [2.75, 3.05) is 5.73 Å². The molecule has 0 spiro atoms. The van der Waals surface area contributed by atoms with Gasteiger partial charge in [0.2, 0.25) is 0 Å². The number of nitrogens with zero attached hydrogens (tertiary/aromatic N) is 4. The molecule has 0 unspecified atom stereocenters. The summed E-state index contributed by atoms with van der Waals surface area (Å²) in [6.07, 6.45) is 6.71. The van der Waals surface area contributed by atoms with Gasteiger partial charge in [-0.1, -0.05) is 0 Å². The summed E-state index contributed by atoms with van der Waals surface area (Å²) in [5.41, 5.74) is 8.04. The van der Waals surface area contributed by atoms with E-state index in [-0.39, 0.29) is 4.90 Å². The van der Waals surface area contributed by atoms with Crippen molar-refractivity contribution >= 4 is 36.5 Å². The third-order valence-corrected chi connectivity index (χ3v) is 4.43. The Kier molecular flexibility index (Phi) is 3.93. The molecule has 0 saturated carbocycles. The van der Waals surface area contributed by atoms with Gasteiger partial charge < -0.3 is 5.73 Å². The number of hydrogen-bond acceptors (Lipinski definition) is 5. The number of anilines is 1. The first kappa shape index (κ1) is 15.3. The van der Waals surface area contributed by atoms with Crippen LogP contribution < -0.4 is 5.73 Å². The molecule has 0 radical (unpaired) electrons. The van der Waals surface area contributed by atoms with Crippen molar-refractivity contribution in [3.05, 3.63) is 61.2 Å². The van der Waals surface area contributed by atoms with Crippen molar-refractivity contribution in [2.24, 2.45) is 0 Å². The number of hydrogen-bond donors (Lipinski definition) is 1. The molecule has 0 atom stereocenters. The Morgan fingerprint density at radius 3 is 2.09 bits per heavy atom. The standard InChI is InChI=1S/C7H5ClN2O2S.C7H7N3/c8-13(11,12)7-2-4-10-6(5-7)1-3-9-10;8-6-2-4-10-7(5-6)1-3-9-10/h1-5H;1-5H,8H2. The quantitative estimate of drug-likeness (QED) is 0.531. The molecule has 4 aromatic heterocycles. The monoisotopic (exact) mass is 349 g/mol. The highest BCUT2D eigenvalue weighted by Gasteiger charge is 2.09. The second-order valence-corrected chi connectivity index (χ2v) is 7.23. The number of fused-ring (bicyclic) bond motifs is 2. The molecule has 0 saturated heterocycles. The van der Waals surface area contributed by atoms with E-state index in [1.807, 2.05) is 24.4 Å². The van der Waals surface area contributed by atoms with Crippen LogP contribution >= 0.6 is 10.7 Å². The first-order valence-electron chi connectivity index (χ1n) is 6.50. The number of nitrogen functional groups attached to an aromatic ring is 1. The average Bonchev–Trinajstić information content (AvgIpc) is 3.14. The molecule has 0 amide bonds. The summed E-state index contributed by atoms with van der Waals surface area (Å²) >= 11 is 0. The van der Waals surface area contributed by atoms with E-state index in [1.165, 1.54) is 12.1 Å². The fourth-order valence-corrected chi connectivity index (χ4v) is 2.76. The molecule has 118 valence electrons. The lowest BCUT2D eigenvalue weighted by Crippen LogP contribution is -1.93. The molecule has 0 aliphatic heterocycles. The van der Waals surface area contributed by atoms with E-state index in [1.54, 1.807) is 33.7 Å². The van der Waals surface area contributed by atoms with Gasteiger partial charge in [-0.3, -0.25) is 0 Å². The van der Waals surface area contributed by atoms with Crippen molar-refractivity contribution in [1.29, 1.82) is 0 Å². The summed E-state index contributed by atoms with van der Waals surface area (Å²) < 4.78 is 25.2. The topological polar surface area (TPSA) is 94.8 Å². The number of pyridine rings is 2. The van der Waals surface area contributed by atoms with Gasteiger partial charge in [0.15, 0.2) is 0 Å². The lowest BCUT2D eigenvalue weighted by molar-refractivity contribution is 0.609. The van der Waals surface area contributed by atoms with E-state index in [4.69, 9.17) is 16.4 Å². The third-order valence-electron chi connectivity index (χ3n) is 3.08. The Bertz CT molecular complexity index is 1070. The fraction of sp³-hybridized carbons (Fsp3) is 0. The zero-order valence-corrected chi connectivity index (χ0v) is 13.3. The van der Waals surface area contributed by atoms with Crippen molar-refractivity contribution in [1.82, 2.24) is 19.2 Å². The molecule has 0 fully saturated rings. The lowest BCUT2D eigenvalue weighted by Gasteiger charge is -1.96. The van der Waals surface area contributed by atoms with Gasteiger partial charge in [0.1, 0.15) is 0 Å². The van der Waals surface area contributed by atoms with E-state index in [0.29, 0.717) is 5.52 Å². The van der Waals surface area contributed by atoms with Crippen molar-refractivity contribution in [3.8, 4) is 0 Å². The number of nitrogens with two attached hydrogens (primary N) is 1. The Morgan fingerprint density at radius 1 is 0.913 bits per heavy atom. The summed E-state index contributed by atoms with van der Waals surface area (Å²) in [6.45, 7) is 0. The van der Waals surface area contributed by atoms with Crippen LogP contribution in [0.5, 0.6) is 0 Å². The maximum Gasteiger partial charge on any atom is 0.261 e.